The lowest BCUT2D eigenvalue weighted by molar-refractivity contribution is 0.102. The van der Waals surface area contributed by atoms with Crippen LogP contribution >= 0.6 is 23.2 Å². The van der Waals surface area contributed by atoms with Crippen molar-refractivity contribution < 1.29 is 13.9 Å². The molecule has 1 atom stereocenters. The highest BCUT2D eigenvalue weighted by molar-refractivity contribution is 6.36. The molecule has 0 saturated heterocycles. The number of aliphatic imine (C=N–C) groups is 1. The van der Waals surface area contributed by atoms with Crippen LogP contribution in [0.3, 0.4) is 0 Å². The zero-order chi connectivity index (χ0) is 20.3. The second-order valence-electron chi connectivity index (χ2n) is 6.42. The van der Waals surface area contributed by atoms with Gasteiger partial charge in [0.15, 0.2) is 0 Å². The molecule has 0 radical (unpaired) electrons. The number of amides is 1. The van der Waals surface area contributed by atoms with Crippen LogP contribution in [0.2, 0.25) is 10.0 Å². The van der Waals surface area contributed by atoms with Gasteiger partial charge in [-0.25, -0.2) is 9.37 Å². The average Bonchev–Trinajstić information content (AvgIpc) is 2.85. The maximum Gasteiger partial charge on any atom is 0.275 e. The molecule has 0 spiro atoms. The first-order chi connectivity index (χ1) is 13.3. The van der Waals surface area contributed by atoms with Gasteiger partial charge in [-0.3, -0.25) is 9.79 Å². The van der Waals surface area contributed by atoms with E-state index < -0.39 is 17.3 Å². The van der Waals surface area contributed by atoms with Crippen LogP contribution in [0.5, 0.6) is 0 Å². The Labute approximate surface area is 171 Å². The monoisotopic (exact) mass is 424 g/mol. The van der Waals surface area contributed by atoms with Crippen LogP contribution in [0.15, 0.2) is 35.5 Å². The van der Waals surface area contributed by atoms with Gasteiger partial charge in [0.1, 0.15) is 24.0 Å². The minimum Gasteiger partial charge on any atom is -0.386 e. The van der Waals surface area contributed by atoms with E-state index in [0.717, 1.165) is 0 Å². The van der Waals surface area contributed by atoms with Gasteiger partial charge in [0.25, 0.3) is 5.91 Å². The zero-order valence-corrected chi connectivity index (χ0v) is 16.6. The zero-order valence-electron chi connectivity index (χ0n) is 15.1. The Hall–Kier alpha value is -2.22. The molecule has 1 aromatic carbocycles. The number of halogens is 3. The summed E-state index contributed by atoms with van der Waals surface area (Å²) in [5.41, 5.74) is 5.79. The first-order valence-corrected chi connectivity index (χ1v) is 9.44. The highest BCUT2D eigenvalue weighted by Crippen LogP contribution is 2.37. The fourth-order valence-corrected chi connectivity index (χ4v) is 3.62. The van der Waals surface area contributed by atoms with Crippen molar-refractivity contribution in [3.05, 3.63) is 57.6 Å². The Morgan fingerprint density at radius 2 is 2.18 bits per heavy atom. The van der Waals surface area contributed by atoms with Gasteiger partial charge in [-0.15, -0.1) is 0 Å². The summed E-state index contributed by atoms with van der Waals surface area (Å²) in [5, 5.41) is 3.13. The fourth-order valence-electron chi connectivity index (χ4n) is 3.15. The van der Waals surface area contributed by atoms with Crippen LogP contribution in [0.25, 0.3) is 0 Å². The Balaban J connectivity index is 1.95. The predicted molar refractivity (Wildman–Crippen MR) is 108 cm³/mol. The molecular weight excluding hydrogens is 406 g/mol. The third-order valence-electron chi connectivity index (χ3n) is 4.60. The van der Waals surface area contributed by atoms with Crippen molar-refractivity contribution in [3.8, 4) is 0 Å². The van der Waals surface area contributed by atoms with Gasteiger partial charge in [-0.05, 0) is 30.7 Å². The number of benzene rings is 1. The molecule has 1 aromatic heterocycles. The molecule has 3 N–H and O–H groups in total. The molecule has 3 rings (SSSR count). The largest absolute Gasteiger partial charge is 0.386 e. The number of hydrogen-bond donors (Lipinski definition) is 2. The van der Waals surface area contributed by atoms with E-state index in [1.807, 2.05) is 6.92 Å². The summed E-state index contributed by atoms with van der Waals surface area (Å²) in [5.74, 6) is -0.650. The maximum atomic E-state index is 14.7. The van der Waals surface area contributed by atoms with Gasteiger partial charge in [0, 0.05) is 30.5 Å². The van der Waals surface area contributed by atoms with Gasteiger partial charge >= 0.3 is 0 Å². The first-order valence-electron chi connectivity index (χ1n) is 8.69. The molecule has 0 fully saturated rings. The smallest absolute Gasteiger partial charge is 0.275 e. The number of nitrogens with zero attached hydrogens (tertiary/aromatic N) is 2. The molecule has 0 bridgehead atoms. The van der Waals surface area contributed by atoms with Crippen LogP contribution < -0.4 is 11.1 Å². The summed E-state index contributed by atoms with van der Waals surface area (Å²) < 4.78 is 20.1. The van der Waals surface area contributed by atoms with E-state index in [4.69, 9.17) is 33.7 Å². The molecule has 9 heteroatoms. The molecule has 6 nitrogen and oxygen atoms in total. The summed E-state index contributed by atoms with van der Waals surface area (Å²) in [4.78, 5) is 21.0. The summed E-state index contributed by atoms with van der Waals surface area (Å²) in [6.45, 7) is 2.52. The molecule has 28 heavy (non-hydrogen) atoms. The third-order valence-corrected chi connectivity index (χ3v) is 5.10. The Morgan fingerprint density at radius 1 is 1.39 bits per heavy atom. The second kappa shape index (κ2) is 8.43. The number of anilines is 1. The topological polar surface area (TPSA) is 89.6 Å². The molecule has 2 aromatic rings. The van der Waals surface area contributed by atoms with Crippen molar-refractivity contribution in [2.24, 2.45) is 10.7 Å². The summed E-state index contributed by atoms with van der Waals surface area (Å²) in [6.07, 6.45) is 2.33. The van der Waals surface area contributed by atoms with Gasteiger partial charge in [0.05, 0.1) is 15.6 Å². The lowest BCUT2D eigenvalue weighted by Crippen LogP contribution is -2.28. The van der Waals surface area contributed by atoms with E-state index in [0.29, 0.717) is 41.6 Å². The molecule has 0 aliphatic carbocycles. The van der Waals surface area contributed by atoms with Crippen molar-refractivity contribution in [2.45, 2.75) is 25.3 Å². The highest BCUT2D eigenvalue weighted by atomic mass is 35.5. The number of carbonyl (C=O) groups excluding carboxylic acids is 1. The van der Waals surface area contributed by atoms with E-state index in [1.165, 1.54) is 24.4 Å². The summed E-state index contributed by atoms with van der Waals surface area (Å²) in [6, 6.07) is 5.74. The number of rotatable bonds is 4. The molecule has 1 aliphatic heterocycles. The van der Waals surface area contributed by atoms with Crippen molar-refractivity contribution in [1.29, 1.82) is 0 Å². The predicted octanol–water partition coefficient (Wildman–Crippen LogP) is 4.16. The van der Waals surface area contributed by atoms with Gasteiger partial charge in [-0.2, -0.15) is 0 Å². The second-order valence-corrected chi connectivity index (χ2v) is 7.27. The summed E-state index contributed by atoms with van der Waals surface area (Å²) in [7, 11) is 0. The van der Waals surface area contributed by atoms with Gasteiger partial charge in [0.2, 0.25) is 0 Å². The van der Waals surface area contributed by atoms with Crippen LogP contribution in [0, 0.1) is 5.82 Å². The van der Waals surface area contributed by atoms with E-state index in [-0.39, 0.29) is 17.3 Å². The van der Waals surface area contributed by atoms with Crippen LogP contribution in [-0.2, 0) is 10.3 Å². The number of nitrogens with one attached hydrogen (secondary N) is 1. The fraction of sp³-hybridized carbons (Fsp3) is 0.316. The van der Waals surface area contributed by atoms with E-state index in [1.54, 1.807) is 6.07 Å². The summed E-state index contributed by atoms with van der Waals surface area (Å²) >= 11 is 11.8. The molecule has 0 unspecified atom stereocenters. The van der Waals surface area contributed by atoms with Crippen molar-refractivity contribution >= 4 is 40.6 Å². The number of aromatic nitrogens is 1. The van der Waals surface area contributed by atoms with Crippen molar-refractivity contribution in [3.63, 3.8) is 0 Å². The standard InChI is InChI=1S/C19H19Cl2FN4O2/c1-2-19(5-6-28-10-16(23)26-19)13-8-12(3-4-15(13)22)25-18(27)17-14(21)7-11(20)9-24-17/h3-4,7-9H,2,5-6,10H2,1H3,(H2,23,26)(H,25,27)/t19-/m0/s1. The minimum atomic E-state index is -0.860. The van der Waals surface area contributed by atoms with Crippen molar-refractivity contribution in [2.75, 3.05) is 18.5 Å². The maximum absolute atomic E-state index is 14.7. The minimum absolute atomic E-state index is 0.0206. The normalized spacial score (nSPS) is 19.6. The van der Waals surface area contributed by atoms with Gasteiger partial charge in [-0.1, -0.05) is 30.1 Å². The Morgan fingerprint density at radius 3 is 2.89 bits per heavy atom. The highest BCUT2D eigenvalue weighted by Gasteiger charge is 2.34. The van der Waals surface area contributed by atoms with Crippen molar-refractivity contribution in [1.82, 2.24) is 4.98 Å². The average molecular weight is 425 g/mol. The number of ether oxygens (including phenoxy) is 1. The first kappa shape index (κ1) is 20.5. The Bertz CT molecular complexity index is 938. The van der Waals surface area contributed by atoms with Crippen LogP contribution in [0.4, 0.5) is 10.1 Å². The van der Waals surface area contributed by atoms with E-state index in [9.17, 15) is 9.18 Å². The number of nitrogens with two attached hydrogens (primary N) is 1. The number of hydrogen-bond acceptors (Lipinski definition) is 5. The Kier molecular flexibility index (Phi) is 6.17. The quantitative estimate of drug-likeness (QED) is 0.770. The molecule has 1 aliphatic rings. The SMILES string of the molecule is CC[C@@]1(c2cc(NC(=O)c3ncc(Cl)cc3Cl)ccc2F)CCOCC(N)=N1. The number of carbonyl (C=O) groups is 1. The molecule has 148 valence electrons. The number of amidine groups is 1. The molecule has 2 heterocycles. The number of pyridine rings is 1. The molecule has 0 saturated carbocycles. The van der Waals surface area contributed by atoms with Gasteiger partial charge < -0.3 is 15.8 Å². The third kappa shape index (κ3) is 4.27. The molecular formula is C19H19Cl2FN4O2. The lowest BCUT2D eigenvalue weighted by Gasteiger charge is -2.29. The van der Waals surface area contributed by atoms with E-state index >= 15 is 0 Å². The molecule has 1 amide bonds. The van der Waals surface area contributed by atoms with E-state index in [2.05, 4.69) is 15.3 Å². The van der Waals surface area contributed by atoms with Crippen LogP contribution in [-0.4, -0.2) is 29.9 Å². The lowest BCUT2D eigenvalue weighted by atomic mass is 9.84. The van der Waals surface area contributed by atoms with Crippen LogP contribution in [0.1, 0.15) is 35.8 Å².